The highest BCUT2D eigenvalue weighted by Crippen LogP contribution is 2.48. The molecule has 0 radical (unpaired) electrons. The van der Waals surface area contributed by atoms with E-state index in [0.717, 1.165) is 18.4 Å². The molecule has 110 valence electrons. The van der Waals surface area contributed by atoms with Crippen LogP contribution < -0.4 is 4.72 Å². The fraction of sp³-hybridized carbons (Fsp3) is 0.615. The van der Waals surface area contributed by atoms with Crippen molar-refractivity contribution in [2.24, 2.45) is 17.8 Å². The molecule has 3 N–H and O–H groups in total. The van der Waals surface area contributed by atoms with Gasteiger partial charge in [0.05, 0.1) is 0 Å². The van der Waals surface area contributed by atoms with E-state index in [0.29, 0.717) is 18.4 Å². The zero-order chi connectivity index (χ0) is 14.3. The van der Waals surface area contributed by atoms with Crippen LogP contribution in [0, 0.1) is 17.8 Å². The van der Waals surface area contributed by atoms with E-state index < -0.39 is 16.0 Å². The van der Waals surface area contributed by atoms with Crippen LogP contribution in [0.4, 0.5) is 0 Å². The lowest BCUT2D eigenvalue weighted by Gasteiger charge is -2.21. The van der Waals surface area contributed by atoms with Crippen molar-refractivity contribution in [3.05, 3.63) is 18.0 Å². The van der Waals surface area contributed by atoms with Crippen molar-refractivity contribution >= 4 is 16.0 Å². The van der Waals surface area contributed by atoms with Crippen LogP contribution in [0.1, 0.15) is 36.2 Å². The Kier molecular flexibility index (Phi) is 3.33. The lowest BCUT2D eigenvalue weighted by Crippen LogP contribution is -2.31. The molecule has 0 aromatic carbocycles. The molecule has 0 saturated heterocycles. The summed E-state index contributed by atoms with van der Waals surface area (Å²) in [6.07, 6.45) is 6.06. The number of nitrogens with one attached hydrogen (secondary N) is 2. The molecule has 20 heavy (non-hydrogen) atoms. The molecule has 1 heterocycles. The number of H-pyrrole nitrogens is 1. The van der Waals surface area contributed by atoms with Crippen LogP contribution in [0.3, 0.4) is 0 Å². The number of sulfonamides is 1. The van der Waals surface area contributed by atoms with Crippen LogP contribution in [0.25, 0.3) is 0 Å². The normalized spacial score (nSPS) is 28.9. The van der Waals surface area contributed by atoms with Crippen LogP contribution in [0.2, 0.25) is 0 Å². The minimum atomic E-state index is -3.62. The van der Waals surface area contributed by atoms with Crippen molar-refractivity contribution in [1.82, 2.24) is 9.71 Å². The number of aromatic carboxylic acids is 1. The minimum Gasteiger partial charge on any atom is -0.477 e. The summed E-state index contributed by atoms with van der Waals surface area (Å²) in [5, 5.41) is 8.79. The van der Waals surface area contributed by atoms with E-state index in [-0.39, 0.29) is 10.6 Å². The number of carboxylic acid groups (broad SMARTS) is 1. The van der Waals surface area contributed by atoms with E-state index >= 15 is 0 Å². The molecular weight excluding hydrogens is 280 g/mol. The van der Waals surface area contributed by atoms with Gasteiger partial charge in [-0.05, 0) is 43.1 Å². The Balaban J connectivity index is 1.64. The second-order valence-corrected chi connectivity index (χ2v) is 7.61. The summed E-state index contributed by atoms with van der Waals surface area (Å²) in [5.41, 5.74) is -0.120. The largest absolute Gasteiger partial charge is 0.477 e. The summed E-state index contributed by atoms with van der Waals surface area (Å²) in [5.74, 6) is 0.699. The Hall–Kier alpha value is -1.34. The van der Waals surface area contributed by atoms with Crippen molar-refractivity contribution in [1.29, 1.82) is 0 Å². The molecule has 2 aliphatic carbocycles. The zero-order valence-corrected chi connectivity index (χ0v) is 11.8. The summed E-state index contributed by atoms with van der Waals surface area (Å²) in [6.45, 7) is 0.455. The highest BCUT2D eigenvalue weighted by Gasteiger charge is 2.39. The van der Waals surface area contributed by atoms with Crippen LogP contribution in [0.5, 0.6) is 0 Å². The highest BCUT2D eigenvalue weighted by molar-refractivity contribution is 7.89. The van der Waals surface area contributed by atoms with Crippen LogP contribution in [-0.2, 0) is 10.0 Å². The Morgan fingerprint density at radius 2 is 2.20 bits per heavy atom. The van der Waals surface area contributed by atoms with Gasteiger partial charge in [0.15, 0.2) is 0 Å². The molecule has 3 atom stereocenters. The topological polar surface area (TPSA) is 99.3 Å². The number of fused-ring (bicyclic) bond motifs is 2. The van der Waals surface area contributed by atoms with Gasteiger partial charge in [-0.3, -0.25) is 0 Å². The quantitative estimate of drug-likeness (QED) is 0.765. The molecule has 0 aliphatic heterocycles. The number of aromatic nitrogens is 1. The van der Waals surface area contributed by atoms with Crippen molar-refractivity contribution in [2.45, 2.75) is 30.6 Å². The van der Waals surface area contributed by atoms with Crippen LogP contribution in [-0.4, -0.2) is 31.0 Å². The summed E-state index contributed by atoms with van der Waals surface area (Å²) < 4.78 is 26.8. The monoisotopic (exact) mass is 298 g/mol. The lowest BCUT2D eigenvalue weighted by molar-refractivity contribution is 0.0691. The summed E-state index contributed by atoms with van der Waals surface area (Å²) in [7, 11) is -3.62. The Labute approximate surface area is 117 Å². The first-order chi connectivity index (χ1) is 9.45. The second-order valence-electron chi connectivity index (χ2n) is 5.84. The van der Waals surface area contributed by atoms with Gasteiger partial charge in [-0.25, -0.2) is 17.9 Å². The maximum atomic E-state index is 12.1. The molecule has 1 aromatic rings. The smallest absolute Gasteiger partial charge is 0.352 e. The average molecular weight is 298 g/mol. The molecule has 3 rings (SSSR count). The molecule has 2 aliphatic rings. The van der Waals surface area contributed by atoms with Crippen molar-refractivity contribution in [3.8, 4) is 0 Å². The first-order valence-corrected chi connectivity index (χ1v) is 8.35. The fourth-order valence-corrected chi connectivity index (χ4v) is 4.67. The number of rotatable bonds is 5. The lowest BCUT2D eigenvalue weighted by atomic mass is 9.89. The van der Waals surface area contributed by atoms with E-state index in [1.807, 2.05) is 0 Å². The third kappa shape index (κ3) is 2.47. The Morgan fingerprint density at radius 3 is 2.75 bits per heavy atom. The zero-order valence-electron chi connectivity index (χ0n) is 11.0. The molecule has 2 bridgehead atoms. The van der Waals surface area contributed by atoms with Gasteiger partial charge >= 0.3 is 5.97 Å². The van der Waals surface area contributed by atoms with E-state index in [1.165, 1.54) is 25.5 Å². The number of carboxylic acids is 1. The summed E-state index contributed by atoms with van der Waals surface area (Å²) >= 11 is 0. The van der Waals surface area contributed by atoms with Crippen LogP contribution in [0.15, 0.2) is 17.2 Å². The first-order valence-electron chi connectivity index (χ1n) is 6.87. The van der Waals surface area contributed by atoms with Gasteiger partial charge in [-0.15, -0.1) is 0 Å². The molecule has 0 spiro atoms. The summed E-state index contributed by atoms with van der Waals surface area (Å²) in [4.78, 5) is 13.2. The number of hydrogen-bond donors (Lipinski definition) is 3. The fourth-order valence-electron chi connectivity index (χ4n) is 3.58. The van der Waals surface area contributed by atoms with Crippen molar-refractivity contribution in [2.75, 3.05) is 6.54 Å². The minimum absolute atomic E-state index is 0.0157. The van der Waals surface area contributed by atoms with E-state index in [2.05, 4.69) is 9.71 Å². The highest BCUT2D eigenvalue weighted by atomic mass is 32.2. The Bertz CT molecular complexity index is 622. The van der Waals surface area contributed by atoms with Gasteiger partial charge < -0.3 is 10.1 Å². The van der Waals surface area contributed by atoms with Gasteiger partial charge in [-0.1, -0.05) is 6.42 Å². The van der Waals surface area contributed by atoms with E-state index in [4.69, 9.17) is 5.11 Å². The van der Waals surface area contributed by atoms with Crippen molar-refractivity contribution in [3.63, 3.8) is 0 Å². The van der Waals surface area contributed by atoms with E-state index in [9.17, 15) is 13.2 Å². The van der Waals surface area contributed by atoms with E-state index in [1.54, 1.807) is 0 Å². The van der Waals surface area contributed by atoms with Crippen LogP contribution >= 0.6 is 0 Å². The SMILES string of the molecule is O=C(O)c1cc(S(=O)(=O)NCC2CC3CCC2C3)c[nH]1. The first kappa shape index (κ1) is 13.6. The number of carbonyl (C=O) groups is 1. The summed E-state index contributed by atoms with van der Waals surface area (Å²) in [6, 6.07) is 1.14. The van der Waals surface area contributed by atoms with Gasteiger partial charge in [0.1, 0.15) is 10.6 Å². The maximum Gasteiger partial charge on any atom is 0.352 e. The maximum absolute atomic E-state index is 12.1. The molecule has 7 heteroatoms. The average Bonchev–Trinajstić information content (AvgIpc) is 3.11. The standard InChI is InChI=1S/C13H18N2O4S/c16-13(17)12-5-11(7-14-12)20(18,19)15-6-10-4-8-1-2-9(10)3-8/h5,7-10,14-15H,1-4,6H2,(H,16,17). The molecule has 2 saturated carbocycles. The number of hydrogen-bond acceptors (Lipinski definition) is 3. The molecule has 0 amide bonds. The predicted molar refractivity (Wildman–Crippen MR) is 71.9 cm³/mol. The van der Waals surface area contributed by atoms with Gasteiger partial charge in [0, 0.05) is 12.7 Å². The second kappa shape index (κ2) is 4.89. The molecule has 2 fully saturated rings. The van der Waals surface area contributed by atoms with Crippen molar-refractivity contribution < 1.29 is 18.3 Å². The molecule has 1 aromatic heterocycles. The third-order valence-electron chi connectivity index (χ3n) is 4.62. The van der Waals surface area contributed by atoms with Gasteiger partial charge in [0.2, 0.25) is 10.0 Å². The number of aromatic amines is 1. The predicted octanol–water partition coefficient (Wildman–Crippen LogP) is 1.43. The molecular formula is C13H18N2O4S. The van der Waals surface area contributed by atoms with Gasteiger partial charge in [0.25, 0.3) is 0 Å². The molecule has 3 unspecified atom stereocenters. The van der Waals surface area contributed by atoms with Gasteiger partial charge in [-0.2, -0.15) is 0 Å². The molecule has 6 nitrogen and oxygen atoms in total. The third-order valence-corrected chi connectivity index (χ3v) is 6.02. The Morgan fingerprint density at radius 1 is 1.40 bits per heavy atom.